The van der Waals surface area contributed by atoms with Crippen LogP contribution in [0.5, 0.6) is 5.75 Å². The van der Waals surface area contributed by atoms with E-state index in [4.69, 9.17) is 19.4 Å². The Balaban J connectivity index is 1.37. The van der Waals surface area contributed by atoms with E-state index in [0.717, 1.165) is 61.0 Å². The van der Waals surface area contributed by atoms with Gasteiger partial charge in [-0.25, -0.2) is 9.97 Å². The maximum Gasteiger partial charge on any atom is 0.254 e. The van der Waals surface area contributed by atoms with E-state index in [1.54, 1.807) is 0 Å². The highest BCUT2D eigenvalue weighted by molar-refractivity contribution is 5.94. The van der Waals surface area contributed by atoms with Gasteiger partial charge in [0.1, 0.15) is 17.4 Å². The Kier molecular flexibility index (Phi) is 7.99. The van der Waals surface area contributed by atoms with Gasteiger partial charge >= 0.3 is 0 Å². The molecule has 2 aliphatic rings. The van der Waals surface area contributed by atoms with Crippen LogP contribution in [0, 0.1) is 6.92 Å². The van der Waals surface area contributed by atoms with Crippen LogP contribution in [-0.4, -0.2) is 60.2 Å². The smallest absolute Gasteiger partial charge is 0.254 e. The van der Waals surface area contributed by atoms with Crippen molar-refractivity contribution < 1.29 is 14.3 Å². The summed E-state index contributed by atoms with van der Waals surface area (Å²) in [6.07, 6.45) is 3.53. The molecule has 0 N–H and O–H groups in total. The summed E-state index contributed by atoms with van der Waals surface area (Å²) in [5, 5.41) is 0. The summed E-state index contributed by atoms with van der Waals surface area (Å²) >= 11 is 0. The number of aryl methyl sites for hydroxylation is 1. The van der Waals surface area contributed by atoms with Crippen molar-refractivity contribution in [3.05, 3.63) is 82.3 Å². The highest BCUT2D eigenvalue weighted by atomic mass is 16.5. The SMILES string of the molecule is CCCCOc1ccc(C(=O)N2CCc3nc(Cc4cccc(C)c4)nc(N4CCOCC4)c3C2)cc1. The van der Waals surface area contributed by atoms with Crippen LogP contribution in [0.1, 0.15) is 58.3 Å². The van der Waals surface area contributed by atoms with Gasteiger partial charge in [-0.2, -0.15) is 0 Å². The summed E-state index contributed by atoms with van der Waals surface area (Å²) in [6, 6.07) is 16.0. The largest absolute Gasteiger partial charge is 0.494 e. The van der Waals surface area contributed by atoms with Crippen molar-refractivity contribution in [3.8, 4) is 5.75 Å². The molecule has 0 atom stereocenters. The first-order valence-electron chi connectivity index (χ1n) is 13.4. The number of anilines is 1. The molecule has 37 heavy (non-hydrogen) atoms. The third-order valence-corrected chi connectivity index (χ3v) is 7.00. The number of benzene rings is 2. The summed E-state index contributed by atoms with van der Waals surface area (Å²) in [7, 11) is 0. The zero-order valence-corrected chi connectivity index (χ0v) is 21.9. The number of carbonyl (C=O) groups is 1. The van der Waals surface area contributed by atoms with Gasteiger partial charge in [-0.05, 0) is 43.2 Å². The molecule has 0 bridgehead atoms. The van der Waals surface area contributed by atoms with Gasteiger partial charge in [-0.15, -0.1) is 0 Å². The molecule has 7 nitrogen and oxygen atoms in total. The fourth-order valence-electron chi connectivity index (χ4n) is 4.95. The second-order valence-electron chi connectivity index (χ2n) is 9.86. The number of nitrogens with zero attached hydrogens (tertiary/aromatic N) is 4. The highest BCUT2D eigenvalue weighted by Gasteiger charge is 2.29. The first-order chi connectivity index (χ1) is 18.1. The van der Waals surface area contributed by atoms with Crippen LogP contribution in [-0.2, 0) is 24.1 Å². The van der Waals surface area contributed by atoms with Crippen LogP contribution in [0.2, 0.25) is 0 Å². The van der Waals surface area contributed by atoms with Crippen LogP contribution >= 0.6 is 0 Å². The molecule has 194 valence electrons. The lowest BCUT2D eigenvalue weighted by molar-refractivity contribution is 0.0732. The Hall–Kier alpha value is -3.45. The molecule has 1 fully saturated rings. The minimum Gasteiger partial charge on any atom is -0.494 e. The molecule has 3 aromatic rings. The Morgan fingerprint density at radius 1 is 1.05 bits per heavy atom. The Morgan fingerprint density at radius 2 is 1.86 bits per heavy atom. The average molecular weight is 501 g/mol. The summed E-state index contributed by atoms with van der Waals surface area (Å²) in [5.74, 6) is 2.62. The number of morpholine rings is 1. The molecule has 0 aliphatic carbocycles. The van der Waals surface area contributed by atoms with E-state index in [2.05, 4.69) is 43.0 Å². The van der Waals surface area contributed by atoms with Gasteiger partial charge in [-0.3, -0.25) is 4.79 Å². The Morgan fingerprint density at radius 3 is 2.62 bits per heavy atom. The van der Waals surface area contributed by atoms with Gasteiger partial charge in [0.25, 0.3) is 5.91 Å². The van der Waals surface area contributed by atoms with E-state index in [-0.39, 0.29) is 5.91 Å². The van der Waals surface area contributed by atoms with Crippen LogP contribution < -0.4 is 9.64 Å². The second-order valence-corrected chi connectivity index (χ2v) is 9.86. The third-order valence-electron chi connectivity index (χ3n) is 7.00. The fourth-order valence-corrected chi connectivity index (χ4v) is 4.95. The number of hydrogen-bond acceptors (Lipinski definition) is 6. The van der Waals surface area contributed by atoms with Crippen molar-refractivity contribution in [1.82, 2.24) is 14.9 Å². The van der Waals surface area contributed by atoms with Crippen LogP contribution in [0.25, 0.3) is 0 Å². The molecule has 0 unspecified atom stereocenters. The van der Waals surface area contributed by atoms with E-state index in [0.29, 0.717) is 44.9 Å². The lowest BCUT2D eigenvalue weighted by Crippen LogP contribution is -2.41. The minimum atomic E-state index is 0.0301. The van der Waals surface area contributed by atoms with Crippen molar-refractivity contribution in [2.24, 2.45) is 0 Å². The number of amides is 1. The van der Waals surface area contributed by atoms with Gasteiger partial charge in [0.15, 0.2) is 0 Å². The predicted octanol–water partition coefficient (Wildman–Crippen LogP) is 4.59. The maximum atomic E-state index is 13.4. The summed E-state index contributed by atoms with van der Waals surface area (Å²) in [6.45, 7) is 9.05. The lowest BCUT2D eigenvalue weighted by atomic mass is 10.0. The lowest BCUT2D eigenvalue weighted by Gasteiger charge is -2.34. The number of unbranched alkanes of at least 4 members (excludes halogenated alkanes) is 1. The number of fused-ring (bicyclic) bond motifs is 1. The Bertz CT molecular complexity index is 1220. The van der Waals surface area contributed by atoms with Crippen LogP contribution in [0.4, 0.5) is 5.82 Å². The topological polar surface area (TPSA) is 67.8 Å². The molecule has 1 saturated heterocycles. The molecule has 5 rings (SSSR count). The minimum absolute atomic E-state index is 0.0301. The van der Waals surface area contributed by atoms with E-state index < -0.39 is 0 Å². The van der Waals surface area contributed by atoms with Crippen molar-refractivity contribution >= 4 is 11.7 Å². The number of carbonyl (C=O) groups excluding carboxylic acids is 1. The average Bonchev–Trinajstić information content (AvgIpc) is 2.93. The molecule has 7 heteroatoms. The van der Waals surface area contributed by atoms with Gasteiger partial charge in [-0.1, -0.05) is 43.2 Å². The Labute approximate surface area is 219 Å². The molecular formula is C30H36N4O3. The molecule has 1 amide bonds. The number of hydrogen-bond donors (Lipinski definition) is 0. The normalized spacial score (nSPS) is 15.4. The fraction of sp³-hybridized carbons (Fsp3) is 0.433. The van der Waals surface area contributed by atoms with Crippen molar-refractivity contribution in [3.63, 3.8) is 0 Å². The van der Waals surface area contributed by atoms with Crippen molar-refractivity contribution in [2.45, 2.75) is 46.1 Å². The molecule has 0 radical (unpaired) electrons. The second kappa shape index (κ2) is 11.7. The monoisotopic (exact) mass is 500 g/mol. The van der Waals surface area contributed by atoms with Gasteiger partial charge in [0.2, 0.25) is 0 Å². The third kappa shape index (κ3) is 6.10. The van der Waals surface area contributed by atoms with E-state index in [1.807, 2.05) is 29.2 Å². The van der Waals surface area contributed by atoms with Gasteiger partial charge < -0.3 is 19.3 Å². The van der Waals surface area contributed by atoms with Gasteiger partial charge in [0.05, 0.1) is 32.1 Å². The summed E-state index contributed by atoms with van der Waals surface area (Å²) in [4.78, 5) is 27.7. The van der Waals surface area contributed by atoms with Crippen LogP contribution in [0.15, 0.2) is 48.5 Å². The van der Waals surface area contributed by atoms with Crippen LogP contribution in [0.3, 0.4) is 0 Å². The standard InChI is InChI=1S/C30H36N4O3/c1-3-4-16-37-25-10-8-24(9-11-25)30(35)34-13-12-27-26(21-34)29(33-14-17-36-18-15-33)32-28(31-27)20-23-7-5-6-22(2)19-23/h5-11,19H,3-4,12-18,20-21H2,1-2H3. The van der Waals surface area contributed by atoms with Crippen molar-refractivity contribution in [2.75, 3.05) is 44.4 Å². The molecular weight excluding hydrogens is 464 g/mol. The zero-order chi connectivity index (χ0) is 25.6. The zero-order valence-electron chi connectivity index (χ0n) is 21.9. The molecule has 0 spiro atoms. The first kappa shape index (κ1) is 25.2. The highest BCUT2D eigenvalue weighted by Crippen LogP contribution is 2.29. The molecule has 3 heterocycles. The number of rotatable bonds is 8. The molecule has 2 aliphatic heterocycles. The summed E-state index contributed by atoms with van der Waals surface area (Å²) < 4.78 is 11.4. The first-order valence-corrected chi connectivity index (χ1v) is 13.4. The molecule has 1 aromatic heterocycles. The van der Waals surface area contributed by atoms with E-state index in [1.165, 1.54) is 11.1 Å². The quantitative estimate of drug-likeness (QED) is 0.422. The van der Waals surface area contributed by atoms with Gasteiger partial charge in [0, 0.05) is 43.6 Å². The predicted molar refractivity (Wildman–Crippen MR) is 144 cm³/mol. The van der Waals surface area contributed by atoms with E-state index in [9.17, 15) is 4.79 Å². The summed E-state index contributed by atoms with van der Waals surface area (Å²) in [5.41, 5.74) is 5.24. The molecule has 0 saturated carbocycles. The van der Waals surface area contributed by atoms with Crippen molar-refractivity contribution in [1.29, 1.82) is 0 Å². The maximum absolute atomic E-state index is 13.4. The number of aromatic nitrogens is 2. The number of ether oxygens (including phenoxy) is 2. The molecule has 2 aromatic carbocycles. The van der Waals surface area contributed by atoms with E-state index >= 15 is 0 Å².